The topological polar surface area (TPSA) is 66.7 Å². The van der Waals surface area contributed by atoms with Crippen LogP contribution in [0.15, 0.2) is 28.2 Å². The van der Waals surface area contributed by atoms with E-state index in [1.807, 2.05) is 12.3 Å². The molecule has 3 heterocycles. The maximum absolute atomic E-state index is 12.4. The fraction of sp³-hybridized carbons (Fsp3) is 0.353. The first-order valence-corrected chi connectivity index (χ1v) is 8.65. The normalized spacial score (nSPS) is 15.2. The van der Waals surface area contributed by atoms with Gasteiger partial charge in [-0.1, -0.05) is 0 Å². The molecule has 6 nitrogen and oxygen atoms in total. The minimum atomic E-state index is -0.0488. The van der Waals surface area contributed by atoms with Crippen molar-refractivity contribution < 1.29 is 14.0 Å². The van der Waals surface area contributed by atoms with Crippen LogP contribution in [-0.2, 0) is 4.79 Å². The van der Waals surface area contributed by atoms with E-state index in [9.17, 15) is 9.59 Å². The number of hydrogen-bond acceptors (Lipinski definition) is 5. The molecule has 0 spiro atoms. The molecule has 0 saturated carbocycles. The van der Waals surface area contributed by atoms with E-state index in [1.165, 1.54) is 6.26 Å². The van der Waals surface area contributed by atoms with E-state index in [2.05, 4.69) is 4.98 Å². The Morgan fingerprint density at radius 1 is 1.21 bits per heavy atom. The van der Waals surface area contributed by atoms with Gasteiger partial charge in [0.15, 0.2) is 0 Å². The predicted molar refractivity (Wildman–Crippen MR) is 91.8 cm³/mol. The van der Waals surface area contributed by atoms with Gasteiger partial charge in [0.25, 0.3) is 5.91 Å². The van der Waals surface area contributed by atoms with Crippen LogP contribution in [0.1, 0.15) is 26.8 Å². The van der Waals surface area contributed by atoms with E-state index >= 15 is 0 Å². The summed E-state index contributed by atoms with van der Waals surface area (Å²) < 4.78 is 5.19. The first-order chi connectivity index (χ1) is 11.5. The molecule has 0 aromatic carbocycles. The Kier molecular flexibility index (Phi) is 4.80. The molecule has 7 heteroatoms. The number of hydrogen-bond donors (Lipinski definition) is 0. The highest BCUT2D eigenvalue weighted by atomic mass is 32.1. The van der Waals surface area contributed by atoms with Crippen molar-refractivity contribution in [2.24, 2.45) is 0 Å². The molecule has 126 valence electrons. The molecule has 0 atom stereocenters. The van der Waals surface area contributed by atoms with Gasteiger partial charge in [0.05, 0.1) is 22.5 Å². The second-order valence-corrected chi connectivity index (χ2v) is 6.69. The summed E-state index contributed by atoms with van der Waals surface area (Å²) in [5.41, 5.74) is 1.39. The van der Waals surface area contributed by atoms with Gasteiger partial charge < -0.3 is 14.2 Å². The van der Waals surface area contributed by atoms with Crippen LogP contribution in [0.2, 0.25) is 0 Å². The van der Waals surface area contributed by atoms with Crippen molar-refractivity contribution in [2.45, 2.75) is 13.8 Å². The Morgan fingerprint density at radius 2 is 1.92 bits per heavy atom. The summed E-state index contributed by atoms with van der Waals surface area (Å²) in [5, 5.41) is 2.90. The Bertz CT molecular complexity index is 770. The molecular weight excluding hydrogens is 326 g/mol. The lowest BCUT2D eigenvalue weighted by Crippen LogP contribution is -2.50. The highest BCUT2D eigenvalue weighted by Gasteiger charge is 2.25. The van der Waals surface area contributed by atoms with Crippen LogP contribution in [0.25, 0.3) is 6.08 Å². The van der Waals surface area contributed by atoms with Crippen molar-refractivity contribution in [1.82, 2.24) is 14.8 Å². The predicted octanol–water partition coefficient (Wildman–Crippen LogP) is 2.35. The maximum Gasteiger partial charge on any atom is 0.257 e. The number of carbonyl (C=O) groups excluding carboxylic acids is 2. The minimum Gasteiger partial charge on any atom is -0.469 e. The molecule has 0 radical (unpaired) electrons. The lowest BCUT2D eigenvalue weighted by molar-refractivity contribution is -0.127. The van der Waals surface area contributed by atoms with Crippen LogP contribution in [0.3, 0.4) is 0 Å². The SMILES string of the molecule is Cc1nc(/C=C\C(=O)N2CCN(C(=O)c3ccoc3C)CC2)cs1. The van der Waals surface area contributed by atoms with Crippen molar-refractivity contribution in [3.8, 4) is 0 Å². The van der Waals surface area contributed by atoms with Crippen LogP contribution in [0.5, 0.6) is 0 Å². The Balaban J connectivity index is 1.55. The summed E-state index contributed by atoms with van der Waals surface area (Å²) >= 11 is 1.56. The van der Waals surface area contributed by atoms with Crippen LogP contribution >= 0.6 is 11.3 Å². The molecule has 24 heavy (non-hydrogen) atoms. The molecule has 1 saturated heterocycles. The first-order valence-electron chi connectivity index (χ1n) is 7.77. The van der Waals surface area contributed by atoms with Gasteiger partial charge in [0, 0.05) is 37.6 Å². The summed E-state index contributed by atoms with van der Waals surface area (Å²) in [6, 6.07) is 1.69. The number of piperazine rings is 1. The molecule has 0 aliphatic carbocycles. The van der Waals surface area contributed by atoms with Crippen molar-refractivity contribution in [3.63, 3.8) is 0 Å². The highest BCUT2D eigenvalue weighted by molar-refractivity contribution is 7.09. The third kappa shape index (κ3) is 3.56. The minimum absolute atomic E-state index is 0.0400. The van der Waals surface area contributed by atoms with Gasteiger partial charge in [-0.2, -0.15) is 0 Å². The molecular formula is C17H19N3O3S. The second kappa shape index (κ2) is 7.00. The molecule has 0 N–H and O–H groups in total. The van der Waals surface area contributed by atoms with Gasteiger partial charge >= 0.3 is 0 Å². The zero-order valence-electron chi connectivity index (χ0n) is 13.7. The standard InChI is InChI=1S/C17H19N3O3S/c1-12-15(5-10-23-12)17(22)20-8-6-19(7-9-20)16(21)4-3-14-11-24-13(2)18-14/h3-5,10-11H,6-9H2,1-2H3/b4-3-. The Labute approximate surface area is 144 Å². The van der Waals surface area contributed by atoms with Gasteiger partial charge in [-0.15, -0.1) is 11.3 Å². The molecule has 0 bridgehead atoms. The van der Waals surface area contributed by atoms with Crippen LogP contribution in [-0.4, -0.2) is 52.8 Å². The molecule has 3 rings (SSSR count). The van der Waals surface area contributed by atoms with Crippen LogP contribution in [0, 0.1) is 13.8 Å². The lowest BCUT2D eigenvalue weighted by atomic mass is 10.2. The summed E-state index contributed by atoms with van der Waals surface area (Å²) in [7, 11) is 0. The smallest absolute Gasteiger partial charge is 0.257 e. The zero-order chi connectivity index (χ0) is 17.1. The first kappa shape index (κ1) is 16.4. The van der Waals surface area contributed by atoms with E-state index in [0.29, 0.717) is 37.5 Å². The van der Waals surface area contributed by atoms with E-state index in [0.717, 1.165) is 10.7 Å². The number of amides is 2. The number of thiazole rings is 1. The number of aryl methyl sites for hydroxylation is 2. The largest absolute Gasteiger partial charge is 0.469 e. The maximum atomic E-state index is 12.4. The average molecular weight is 345 g/mol. The summed E-state index contributed by atoms with van der Waals surface area (Å²) in [4.78, 5) is 32.5. The number of rotatable bonds is 3. The van der Waals surface area contributed by atoms with Gasteiger partial charge in [-0.3, -0.25) is 9.59 Å². The van der Waals surface area contributed by atoms with Crippen molar-refractivity contribution in [3.05, 3.63) is 45.8 Å². The average Bonchev–Trinajstić information content (AvgIpc) is 3.20. The zero-order valence-corrected chi connectivity index (χ0v) is 14.5. The molecule has 0 unspecified atom stereocenters. The van der Waals surface area contributed by atoms with Gasteiger partial charge in [0.1, 0.15) is 5.76 Å². The van der Waals surface area contributed by atoms with E-state index in [1.54, 1.807) is 46.3 Å². The molecule has 2 aromatic heterocycles. The van der Waals surface area contributed by atoms with Crippen molar-refractivity contribution in [2.75, 3.05) is 26.2 Å². The number of nitrogens with zero attached hydrogens (tertiary/aromatic N) is 3. The molecule has 1 fully saturated rings. The van der Waals surface area contributed by atoms with Gasteiger partial charge in [-0.25, -0.2) is 4.98 Å². The van der Waals surface area contributed by atoms with Crippen LogP contribution < -0.4 is 0 Å². The third-order valence-corrected chi connectivity index (χ3v) is 4.79. The highest BCUT2D eigenvalue weighted by Crippen LogP contribution is 2.14. The number of aromatic nitrogens is 1. The van der Waals surface area contributed by atoms with Gasteiger partial charge in [-0.05, 0) is 26.0 Å². The molecule has 2 aromatic rings. The van der Waals surface area contributed by atoms with Gasteiger partial charge in [0.2, 0.25) is 5.91 Å². The third-order valence-electron chi connectivity index (χ3n) is 4.00. The molecule has 2 amide bonds. The lowest BCUT2D eigenvalue weighted by Gasteiger charge is -2.34. The van der Waals surface area contributed by atoms with E-state index in [4.69, 9.17) is 4.42 Å². The molecule has 1 aliphatic heterocycles. The fourth-order valence-electron chi connectivity index (χ4n) is 2.63. The van der Waals surface area contributed by atoms with E-state index < -0.39 is 0 Å². The summed E-state index contributed by atoms with van der Waals surface area (Å²) in [6.45, 7) is 5.82. The second-order valence-electron chi connectivity index (χ2n) is 5.63. The van der Waals surface area contributed by atoms with Crippen LogP contribution in [0.4, 0.5) is 0 Å². The number of carbonyl (C=O) groups is 2. The molecule has 1 aliphatic rings. The summed E-state index contributed by atoms with van der Waals surface area (Å²) in [6.07, 6.45) is 4.80. The number of furan rings is 1. The van der Waals surface area contributed by atoms with Crippen molar-refractivity contribution >= 4 is 29.2 Å². The monoisotopic (exact) mass is 345 g/mol. The quantitative estimate of drug-likeness (QED) is 0.801. The Morgan fingerprint density at radius 3 is 2.50 bits per heavy atom. The van der Waals surface area contributed by atoms with Crippen molar-refractivity contribution in [1.29, 1.82) is 0 Å². The van der Waals surface area contributed by atoms with E-state index in [-0.39, 0.29) is 11.8 Å². The Hall–Kier alpha value is -2.41. The summed E-state index contributed by atoms with van der Waals surface area (Å²) in [5.74, 6) is 0.536. The fourth-order valence-corrected chi connectivity index (χ4v) is 3.21.